The van der Waals surface area contributed by atoms with Crippen LogP contribution in [0.25, 0.3) is 0 Å². The second kappa shape index (κ2) is 4.66. The van der Waals surface area contributed by atoms with Gasteiger partial charge in [-0.3, -0.25) is 9.10 Å². The van der Waals surface area contributed by atoms with Gasteiger partial charge >= 0.3 is 0 Å². The van der Waals surface area contributed by atoms with Crippen molar-refractivity contribution in [3.63, 3.8) is 0 Å². The lowest BCUT2D eigenvalue weighted by Gasteiger charge is -2.42. The van der Waals surface area contributed by atoms with Crippen LogP contribution in [0.5, 0.6) is 0 Å². The van der Waals surface area contributed by atoms with E-state index in [0.717, 1.165) is 0 Å². The first-order valence-electron chi connectivity index (χ1n) is 7.12. The van der Waals surface area contributed by atoms with Gasteiger partial charge in [0.1, 0.15) is 0 Å². The molecule has 4 heteroatoms. The number of rotatable bonds is 0. The van der Waals surface area contributed by atoms with Crippen LogP contribution in [0.4, 0.5) is 0 Å². The maximum atomic E-state index is 13.1. The van der Waals surface area contributed by atoms with E-state index in [4.69, 9.17) is 0 Å². The van der Waals surface area contributed by atoms with Crippen molar-refractivity contribution >= 4 is 17.9 Å². The Morgan fingerprint density at radius 2 is 1.55 bits per heavy atom. The molecule has 0 aromatic rings. The Hall–Kier alpha value is -0.690. The average Bonchev–Trinajstić information content (AvgIpc) is 2.49. The van der Waals surface area contributed by atoms with Gasteiger partial charge in [0, 0.05) is 5.54 Å². The Bertz CT molecular complexity index is 445. The molecule has 2 atom stereocenters. The van der Waals surface area contributed by atoms with E-state index in [9.17, 15) is 10.1 Å². The monoisotopic (exact) mass is 296 g/mol. The van der Waals surface area contributed by atoms with Gasteiger partial charge < -0.3 is 0 Å². The average molecular weight is 296 g/mol. The number of nitriles is 1. The minimum Gasteiger partial charge on any atom is -0.279 e. The van der Waals surface area contributed by atoms with Gasteiger partial charge in [0.05, 0.1) is 11.3 Å². The number of hydrogen-bond donors (Lipinski definition) is 0. The predicted molar refractivity (Wildman–Crippen MR) is 84.9 cm³/mol. The topological polar surface area (TPSA) is 44.1 Å². The van der Waals surface area contributed by atoms with Crippen molar-refractivity contribution in [1.29, 1.82) is 5.26 Å². The van der Waals surface area contributed by atoms with Crippen LogP contribution < -0.4 is 0 Å². The van der Waals surface area contributed by atoms with E-state index >= 15 is 0 Å². The van der Waals surface area contributed by atoms with Gasteiger partial charge in [0.25, 0.3) is 5.91 Å². The number of carbonyl (C=O) groups excluding carboxylic acids is 1. The zero-order valence-corrected chi connectivity index (χ0v) is 15.1. The van der Waals surface area contributed by atoms with E-state index < -0.39 is 10.8 Å². The lowest BCUT2D eigenvalue weighted by atomic mass is 9.60. The molecule has 20 heavy (non-hydrogen) atoms. The number of amides is 1. The molecule has 114 valence electrons. The molecular weight excluding hydrogens is 268 g/mol. The minimum atomic E-state index is -0.983. The number of hydrogen-bond acceptors (Lipinski definition) is 3. The van der Waals surface area contributed by atoms with Crippen LogP contribution in [0.1, 0.15) is 62.3 Å². The van der Waals surface area contributed by atoms with Crippen molar-refractivity contribution in [1.82, 2.24) is 4.31 Å². The molecule has 2 unspecified atom stereocenters. The summed E-state index contributed by atoms with van der Waals surface area (Å²) in [6.45, 7) is 18.4. The summed E-state index contributed by atoms with van der Waals surface area (Å²) in [4.78, 5) is 13.1. The molecule has 1 aliphatic rings. The van der Waals surface area contributed by atoms with Crippen LogP contribution in [-0.2, 0) is 4.79 Å². The summed E-state index contributed by atoms with van der Waals surface area (Å²) in [5.74, 6) is -0.0371. The van der Waals surface area contributed by atoms with E-state index in [2.05, 4.69) is 26.8 Å². The highest BCUT2D eigenvalue weighted by molar-refractivity contribution is 7.98. The summed E-state index contributed by atoms with van der Waals surface area (Å²) in [6.07, 6.45) is 0. The third kappa shape index (κ3) is 2.45. The highest BCUT2D eigenvalue weighted by Crippen LogP contribution is 2.60. The molecule has 1 saturated heterocycles. The molecule has 1 rings (SSSR count). The number of carbonyl (C=O) groups is 1. The van der Waals surface area contributed by atoms with Gasteiger partial charge in [-0.15, -0.1) is 0 Å². The lowest BCUT2D eigenvalue weighted by molar-refractivity contribution is -0.140. The van der Waals surface area contributed by atoms with Crippen LogP contribution >= 0.6 is 11.9 Å². The highest BCUT2D eigenvalue weighted by atomic mass is 32.2. The molecular formula is C16H28N2OS. The maximum Gasteiger partial charge on any atom is 0.255 e. The third-order valence-electron chi connectivity index (χ3n) is 3.88. The van der Waals surface area contributed by atoms with Crippen molar-refractivity contribution < 1.29 is 4.79 Å². The quantitative estimate of drug-likeness (QED) is 0.628. The molecule has 0 radical (unpaired) electrons. The Morgan fingerprint density at radius 1 is 1.10 bits per heavy atom. The van der Waals surface area contributed by atoms with Gasteiger partial charge in [-0.2, -0.15) is 5.26 Å². The van der Waals surface area contributed by atoms with E-state index in [1.807, 2.05) is 45.8 Å². The molecule has 0 aliphatic carbocycles. The van der Waals surface area contributed by atoms with Crippen LogP contribution in [0, 0.1) is 27.6 Å². The standard InChI is InChI=1S/C16H28N2OS/c1-13(2,3)11-16(10-17,14(4,5)6)12(19)18(20-11)15(7,8)9/h11H,1-9H3. The molecule has 1 fully saturated rings. The Kier molecular flexibility index (Phi) is 4.05. The van der Waals surface area contributed by atoms with E-state index in [0.29, 0.717) is 0 Å². The van der Waals surface area contributed by atoms with Crippen LogP contribution in [0.15, 0.2) is 0 Å². The maximum absolute atomic E-state index is 13.1. The van der Waals surface area contributed by atoms with Crippen LogP contribution in [0.3, 0.4) is 0 Å². The second-order valence-electron chi connectivity index (χ2n) is 8.79. The molecule has 0 spiro atoms. The third-order valence-corrected chi connectivity index (χ3v) is 6.08. The van der Waals surface area contributed by atoms with Crippen molar-refractivity contribution in [3.05, 3.63) is 0 Å². The van der Waals surface area contributed by atoms with Gasteiger partial charge in [0.2, 0.25) is 0 Å². The molecule has 1 amide bonds. The van der Waals surface area contributed by atoms with Crippen molar-refractivity contribution in [2.24, 2.45) is 16.2 Å². The Labute approximate surface area is 128 Å². The Morgan fingerprint density at radius 3 is 1.75 bits per heavy atom. The molecule has 1 aliphatic heterocycles. The molecule has 1 heterocycles. The van der Waals surface area contributed by atoms with E-state index in [1.165, 1.54) is 0 Å². The van der Waals surface area contributed by atoms with Gasteiger partial charge in [-0.1, -0.05) is 41.5 Å². The summed E-state index contributed by atoms with van der Waals surface area (Å²) < 4.78 is 1.82. The summed E-state index contributed by atoms with van der Waals surface area (Å²) in [5, 5.41) is 9.88. The molecule has 0 aromatic heterocycles. The smallest absolute Gasteiger partial charge is 0.255 e. The number of nitrogens with zero attached hydrogens (tertiary/aromatic N) is 2. The first-order chi connectivity index (χ1) is 8.69. The van der Waals surface area contributed by atoms with Crippen LogP contribution in [-0.4, -0.2) is 21.0 Å². The SMILES string of the molecule is CC(C)(C)C1SN(C(C)(C)C)C(=O)C1(C#N)C(C)(C)C. The second-order valence-corrected chi connectivity index (χ2v) is 9.84. The molecule has 0 aromatic carbocycles. The van der Waals surface area contributed by atoms with Crippen molar-refractivity contribution in [2.45, 2.75) is 73.1 Å². The molecule has 0 bridgehead atoms. The predicted octanol–water partition coefficient (Wildman–Crippen LogP) is 4.25. The van der Waals surface area contributed by atoms with E-state index in [1.54, 1.807) is 11.9 Å². The minimum absolute atomic E-state index is 0.0371. The van der Waals surface area contributed by atoms with Gasteiger partial charge in [0.15, 0.2) is 5.41 Å². The lowest BCUT2D eigenvalue weighted by Crippen LogP contribution is -2.52. The summed E-state index contributed by atoms with van der Waals surface area (Å²) >= 11 is 1.55. The fraction of sp³-hybridized carbons (Fsp3) is 0.875. The summed E-state index contributed by atoms with van der Waals surface area (Å²) in [5.41, 5.74) is -1.79. The Balaban J connectivity index is 3.53. The zero-order chi connectivity index (χ0) is 16.1. The van der Waals surface area contributed by atoms with Crippen molar-refractivity contribution in [2.75, 3.05) is 0 Å². The van der Waals surface area contributed by atoms with Gasteiger partial charge in [-0.05, 0) is 43.5 Å². The fourth-order valence-electron chi connectivity index (χ4n) is 2.76. The fourth-order valence-corrected chi connectivity index (χ4v) is 4.51. The summed E-state index contributed by atoms with van der Waals surface area (Å²) in [6, 6.07) is 2.41. The summed E-state index contributed by atoms with van der Waals surface area (Å²) in [7, 11) is 0. The van der Waals surface area contributed by atoms with Gasteiger partial charge in [-0.25, -0.2) is 0 Å². The molecule has 0 N–H and O–H groups in total. The largest absolute Gasteiger partial charge is 0.279 e. The first-order valence-corrected chi connectivity index (χ1v) is 7.96. The molecule has 3 nitrogen and oxygen atoms in total. The first kappa shape index (κ1) is 17.4. The van der Waals surface area contributed by atoms with Crippen molar-refractivity contribution in [3.8, 4) is 6.07 Å². The van der Waals surface area contributed by atoms with Crippen LogP contribution in [0.2, 0.25) is 0 Å². The highest BCUT2D eigenvalue weighted by Gasteiger charge is 2.66. The molecule has 0 saturated carbocycles. The normalized spacial score (nSPS) is 28.7. The van der Waals surface area contributed by atoms with E-state index in [-0.39, 0.29) is 22.1 Å². The zero-order valence-electron chi connectivity index (χ0n) is 14.3.